The molecule has 0 saturated heterocycles. The van der Waals surface area contributed by atoms with Gasteiger partial charge in [0.05, 0.1) is 0 Å². The Morgan fingerprint density at radius 1 is 1.04 bits per heavy atom. The molecule has 2 rings (SSSR count). The highest BCUT2D eigenvalue weighted by molar-refractivity contribution is 7.10. The minimum atomic E-state index is -0.849. The van der Waals surface area contributed by atoms with Gasteiger partial charge in [0, 0.05) is 4.88 Å². The molecular weight excluding hydrogens is 378 g/mol. The van der Waals surface area contributed by atoms with Crippen molar-refractivity contribution in [2.24, 2.45) is 0 Å². The summed E-state index contributed by atoms with van der Waals surface area (Å²) in [6, 6.07) is 12.4. The van der Waals surface area contributed by atoms with Crippen molar-refractivity contribution >= 4 is 23.4 Å². The lowest BCUT2D eigenvalue weighted by atomic mass is 10.2. The lowest BCUT2D eigenvalue weighted by molar-refractivity contribution is -0.154. The molecule has 0 fully saturated rings. The maximum atomic E-state index is 12.4. The van der Waals surface area contributed by atoms with Crippen LogP contribution in [-0.2, 0) is 14.3 Å². The van der Waals surface area contributed by atoms with E-state index in [1.807, 2.05) is 47.8 Å². The Labute approximate surface area is 169 Å². The molecule has 0 aliphatic rings. The summed E-state index contributed by atoms with van der Waals surface area (Å²) in [4.78, 5) is 25.2. The van der Waals surface area contributed by atoms with Crippen LogP contribution in [0, 0.1) is 0 Å². The summed E-state index contributed by atoms with van der Waals surface area (Å²) in [7, 11) is 0. The van der Waals surface area contributed by atoms with Crippen molar-refractivity contribution in [2.45, 2.75) is 58.5 Å². The van der Waals surface area contributed by atoms with Crippen LogP contribution in [0.1, 0.15) is 45.6 Å². The van der Waals surface area contributed by atoms with E-state index in [0.29, 0.717) is 5.75 Å². The maximum absolute atomic E-state index is 12.4. The van der Waals surface area contributed by atoms with E-state index < -0.39 is 35.9 Å². The average molecular weight is 406 g/mol. The number of carbonyl (C=O) groups excluding carboxylic acids is 2. The Morgan fingerprint density at radius 2 is 1.71 bits per heavy atom. The first-order chi connectivity index (χ1) is 13.2. The smallest absolute Gasteiger partial charge is 0.408 e. The highest BCUT2D eigenvalue weighted by atomic mass is 32.1. The molecule has 1 amide bonds. The number of ether oxygens (including phenoxy) is 3. The summed E-state index contributed by atoms with van der Waals surface area (Å²) in [6.07, 6.45) is -1.69. The zero-order valence-corrected chi connectivity index (χ0v) is 17.6. The number of alkyl carbamates (subject to hydrolysis) is 1. The van der Waals surface area contributed by atoms with E-state index in [1.165, 1.54) is 11.3 Å². The quantitative estimate of drug-likeness (QED) is 0.675. The summed E-state index contributed by atoms with van der Waals surface area (Å²) in [5, 5.41) is 4.43. The highest BCUT2D eigenvalue weighted by Crippen LogP contribution is 2.29. The first-order valence-corrected chi connectivity index (χ1v) is 9.99. The van der Waals surface area contributed by atoms with Gasteiger partial charge in [-0.05, 0) is 58.2 Å². The number of esters is 1. The molecule has 0 spiro atoms. The van der Waals surface area contributed by atoms with Crippen molar-refractivity contribution in [3.63, 3.8) is 0 Å². The normalized spacial score (nSPS) is 14.5. The largest absolute Gasteiger partial charge is 0.481 e. The van der Waals surface area contributed by atoms with Crippen LogP contribution in [0.5, 0.6) is 5.75 Å². The monoisotopic (exact) mass is 405 g/mol. The van der Waals surface area contributed by atoms with Gasteiger partial charge in [-0.2, -0.15) is 0 Å². The number of hydrogen-bond acceptors (Lipinski definition) is 6. The fourth-order valence-corrected chi connectivity index (χ4v) is 3.22. The Balaban J connectivity index is 2.01. The minimum Gasteiger partial charge on any atom is -0.481 e. The number of rotatable bonds is 7. The molecule has 2 aromatic rings. The van der Waals surface area contributed by atoms with Crippen LogP contribution in [0.2, 0.25) is 0 Å². The third kappa shape index (κ3) is 6.88. The summed E-state index contributed by atoms with van der Waals surface area (Å²) in [5.41, 5.74) is -0.644. The lowest BCUT2D eigenvalue weighted by Gasteiger charge is -2.26. The standard InChI is InChI=1S/C21H27NO5S/c1-14(22-20(24)27-21(3,4)5)19(23)25-15(2)18(17-12-9-13-28-17)26-16-10-7-6-8-11-16/h6-15,18H,1-5H3,(H,22,24)/t14-,15-,18-/m0/s1. The van der Waals surface area contributed by atoms with Gasteiger partial charge in [-0.25, -0.2) is 9.59 Å². The van der Waals surface area contributed by atoms with Gasteiger partial charge < -0.3 is 19.5 Å². The van der Waals surface area contributed by atoms with Gasteiger partial charge in [0.1, 0.15) is 23.5 Å². The van der Waals surface area contributed by atoms with Gasteiger partial charge >= 0.3 is 12.1 Å². The van der Waals surface area contributed by atoms with Crippen molar-refractivity contribution in [1.82, 2.24) is 5.32 Å². The zero-order valence-electron chi connectivity index (χ0n) is 16.8. The van der Waals surface area contributed by atoms with Crippen LogP contribution in [0.3, 0.4) is 0 Å². The van der Waals surface area contributed by atoms with Crippen LogP contribution >= 0.6 is 11.3 Å². The fraction of sp³-hybridized carbons (Fsp3) is 0.429. The number of amides is 1. The van der Waals surface area contributed by atoms with Crippen molar-refractivity contribution in [3.05, 3.63) is 52.7 Å². The van der Waals surface area contributed by atoms with Crippen molar-refractivity contribution < 1.29 is 23.8 Å². The van der Waals surface area contributed by atoms with E-state index in [2.05, 4.69) is 5.32 Å². The molecule has 28 heavy (non-hydrogen) atoms. The van der Waals surface area contributed by atoms with E-state index in [-0.39, 0.29) is 0 Å². The van der Waals surface area contributed by atoms with Crippen molar-refractivity contribution in [1.29, 1.82) is 0 Å². The summed E-state index contributed by atoms with van der Waals surface area (Å²) in [5.74, 6) is 0.125. The second-order valence-corrected chi connectivity index (χ2v) is 8.36. The van der Waals surface area contributed by atoms with Gasteiger partial charge in [-0.1, -0.05) is 24.3 Å². The van der Waals surface area contributed by atoms with E-state index in [4.69, 9.17) is 14.2 Å². The van der Waals surface area contributed by atoms with Crippen LogP contribution in [0.4, 0.5) is 4.79 Å². The first-order valence-electron chi connectivity index (χ1n) is 9.11. The van der Waals surface area contributed by atoms with Gasteiger partial charge in [0.2, 0.25) is 0 Å². The third-order valence-electron chi connectivity index (χ3n) is 3.65. The molecule has 1 N–H and O–H groups in total. The van der Waals surface area contributed by atoms with E-state index in [9.17, 15) is 9.59 Å². The summed E-state index contributed by atoms with van der Waals surface area (Å²) < 4.78 is 16.8. The van der Waals surface area contributed by atoms with E-state index >= 15 is 0 Å². The molecule has 3 atom stereocenters. The highest BCUT2D eigenvalue weighted by Gasteiger charge is 2.29. The van der Waals surface area contributed by atoms with E-state index in [1.54, 1.807) is 34.6 Å². The molecule has 1 aromatic carbocycles. The lowest BCUT2D eigenvalue weighted by Crippen LogP contribution is -2.43. The minimum absolute atomic E-state index is 0.458. The second kappa shape index (κ2) is 9.59. The zero-order chi connectivity index (χ0) is 20.7. The van der Waals surface area contributed by atoms with E-state index in [0.717, 1.165) is 4.88 Å². The van der Waals surface area contributed by atoms with Gasteiger partial charge in [-0.3, -0.25) is 0 Å². The van der Waals surface area contributed by atoms with Gasteiger partial charge in [0.25, 0.3) is 0 Å². The number of thiophene rings is 1. The van der Waals surface area contributed by atoms with Crippen LogP contribution < -0.4 is 10.1 Å². The third-order valence-corrected chi connectivity index (χ3v) is 4.58. The number of hydrogen-bond donors (Lipinski definition) is 1. The molecule has 0 aliphatic heterocycles. The number of nitrogens with one attached hydrogen (secondary N) is 1. The molecule has 0 aliphatic carbocycles. The Bertz CT molecular complexity index is 755. The first kappa shape index (κ1) is 21.8. The summed E-state index contributed by atoms with van der Waals surface area (Å²) in [6.45, 7) is 8.58. The SMILES string of the molecule is C[C@H](NC(=O)OC(C)(C)C)C(=O)O[C@@H](C)[C@H](Oc1ccccc1)c1cccs1. The molecule has 7 heteroatoms. The van der Waals surface area contributed by atoms with Gasteiger partial charge in [-0.15, -0.1) is 11.3 Å². The van der Waals surface area contributed by atoms with Gasteiger partial charge in [0.15, 0.2) is 6.10 Å². The molecule has 1 heterocycles. The van der Waals surface area contributed by atoms with Crippen molar-refractivity contribution in [3.8, 4) is 5.75 Å². The van der Waals surface area contributed by atoms with Crippen LogP contribution in [0.25, 0.3) is 0 Å². The molecule has 0 radical (unpaired) electrons. The van der Waals surface area contributed by atoms with Crippen LogP contribution in [0.15, 0.2) is 47.8 Å². The predicted octanol–water partition coefficient (Wildman–Crippen LogP) is 4.71. The molecule has 1 aromatic heterocycles. The molecule has 0 saturated carbocycles. The van der Waals surface area contributed by atoms with Crippen molar-refractivity contribution in [2.75, 3.05) is 0 Å². The Hall–Kier alpha value is -2.54. The van der Waals surface area contributed by atoms with Crippen LogP contribution in [-0.4, -0.2) is 29.8 Å². The average Bonchev–Trinajstić information content (AvgIpc) is 3.12. The predicted molar refractivity (Wildman–Crippen MR) is 109 cm³/mol. The maximum Gasteiger partial charge on any atom is 0.408 e. The molecular formula is C21H27NO5S. The summed E-state index contributed by atoms with van der Waals surface area (Å²) >= 11 is 1.53. The number of benzene rings is 1. The molecule has 152 valence electrons. The second-order valence-electron chi connectivity index (χ2n) is 7.38. The topological polar surface area (TPSA) is 73.9 Å². The number of para-hydroxylation sites is 1. The number of carbonyl (C=O) groups is 2. The Morgan fingerprint density at radius 3 is 2.29 bits per heavy atom. The molecule has 0 bridgehead atoms. The molecule has 0 unspecified atom stereocenters. The molecule has 6 nitrogen and oxygen atoms in total. The Kier molecular flexibility index (Phi) is 7.45. The fourth-order valence-electron chi connectivity index (χ4n) is 2.37.